The smallest absolute Gasteiger partial charge is 0.274 e. The van der Waals surface area contributed by atoms with Crippen LogP contribution in [-0.2, 0) is 6.42 Å². The van der Waals surface area contributed by atoms with Crippen molar-refractivity contribution in [3.05, 3.63) is 70.8 Å². The van der Waals surface area contributed by atoms with Gasteiger partial charge in [0.1, 0.15) is 5.75 Å². The molecule has 30 heavy (non-hydrogen) atoms. The summed E-state index contributed by atoms with van der Waals surface area (Å²) < 4.78 is 10.8. The summed E-state index contributed by atoms with van der Waals surface area (Å²) in [5, 5.41) is 13.2. The number of nitrogens with zero attached hydrogens (tertiary/aromatic N) is 4. The van der Waals surface area contributed by atoms with Crippen molar-refractivity contribution in [1.29, 1.82) is 0 Å². The Bertz CT molecular complexity index is 1160. The number of hydrogen-bond donors (Lipinski definition) is 1. The van der Waals surface area contributed by atoms with Crippen LogP contribution in [0.25, 0.3) is 10.6 Å². The first-order chi connectivity index (χ1) is 14.7. The second kappa shape index (κ2) is 7.75. The second-order valence-corrected chi connectivity index (χ2v) is 8.04. The summed E-state index contributed by atoms with van der Waals surface area (Å²) in [4.78, 5) is 20.0. The zero-order valence-corrected chi connectivity index (χ0v) is 17.1. The van der Waals surface area contributed by atoms with E-state index in [0.29, 0.717) is 36.9 Å². The van der Waals surface area contributed by atoms with Gasteiger partial charge in [-0.15, -0.1) is 11.3 Å². The molecule has 0 aliphatic carbocycles. The third-order valence-electron chi connectivity index (χ3n) is 5.13. The fraction of sp³-hybridized carbons (Fsp3) is 0.238. The average molecular weight is 421 g/mol. The first-order valence-corrected chi connectivity index (χ1v) is 10.4. The lowest BCUT2D eigenvalue weighted by atomic mass is 9.99. The number of methoxy groups -OCH3 is 1. The summed E-state index contributed by atoms with van der Waals surface area (Å²) in [6, 6.07) is 13.5. The molecule has 152 valence electrons. The topological polar surface area (TPSA) is 97.1 Å². The van der Waals surface area contributed by atoms with Crippen LogP contribution >= 0.6 is 11.3 Å². The van der Waals surface area contributed by atoms with Crippen molar-refractivity contribution in [2.45, 2.75) is 12.3 Å². The van der Waals surface area contributed by atoms with Crippen LogP contribution < -0.4 is 4.74 Å². The molecule has 0 radical (unpaired) electrons. The van der Waals surface area contributed by atoms with Gasteiger partial charge < -0.3 is 14.2 Å². The fourth-order valence-electron chi connectivity index (χ4n) is 3.48. The molecule has 4 heterocycles. The summed E-state index contributed by atoms with van der Waals surface area (Å²) in [6.45, 7) is 1.08. The Morgan fingerprint density at radius 2 is 2.17 bits per heavy atom. The lowest BCUT2D eigenvalue weighted by molar-refractivity contribution is 0.0563. The number of para-hydroxylation sites is 1. The minimum absolute atomic E-state index is 0.0450. The number of carbonyl (C=O) groups is 1. The van der Waals surface area contributed by atoms with Crippen molar-refractivity contribution < 1.29 is 14.1 Å². The van der Waals surface area contributed by atoms with E-state index in [9.17, 15) is 4.79 Å². The van der Waals surface area contributed by atoms with Gasteiger partial charge in [-0.25, -0.2) is 0 Å². The normalized spacial score (nSPS) is 14.0. The van der Waals surface area contributed by atoms with Crippen LogP contribution in [0.1, 0.15) is 33.7 Å². The number of rotatable bonds is 6. The Balaban J connectivity index is 1.21. The highest BCUT2D eigenvalue weighted by molar-refractivity contribution is 7.13. The molecule has 3 aromatic heterocycles. The first kappa shape index (κ1) is 18.6. The maximum absolute atomic E-state index is 12.7. The maximum atomic E-state index is 12.7. The molecule has 1 N–H and O–H groups in total. The molecule has 5 rings (SSSR count). The summed E-state index contributed by atoms with van der Waals surface area (Å²) in [6.07, 6.45) is 0.529. The number of benzene rings is 1. The molecule has 0 saturated carbocycles. The number of H-pyrrole nitrogens is 1. The second-order valence-electron chi connectivity index (χ2n) is 7.09. The number of aromatic nitrogens is 4. The van der Waals surface area contributed by atoms with Crippen LogP contribution in [0.3, 0.4) is 0 Å². The van der Waals surface area contributed by atoms with Gasteiger partial charge >= 0.3 is 0 Å². The number of nitrogens with one attached hydrogen (secondary N) is 1. The quantitative estimate of drug-likeness (QED) is 0.513. The Labute approximate surface area is 176 Å². The predicted molar refractivity (Wildman–Crippen MR) is 111 cm³/mol. The third kappa shape index (κ3) is 3.48. The van der Waals surface area contributed by atoms with Crippen LogP contribution in [0.4, 0.5) is 0 Å². The first-order valence-electron chi connectivity index (χ1n) is 9.54. The molecule has 1 aromatic carbocycles. The molecule has 1 aliphatic rings. The zero-order chi connectivity index (χ0) is 20.5. The minimum atomic E-state index is -0.0981. The maximum Gasteiger partial charge on any atom is 0.274 e. The van der Waals surface area contributed by atoms with Crippen molar-refractivity contribution in [3.63, 3.8) is 0 Å². The van der Waals surface area contributed by atoms with Gasteiger partial charge in [0.2, 0.25) is 5.89 Å². The van der Waals surface area contributed by atoms with Gasteiger partial charge in [-0.2, -0.15) is 10.1 Å². The van der Waals surface area contributed by atoms with E-state index in [1.54, 1.807) is 29.4 Å². The Morgan fingerprint density at radius 1 is 1.30 bits per heavy atom. The van der Waals surface area contributed by atoms with Crippen LogP contribution in [0.2, 0.25) is 0 Å². The molecule has 0 spiro atoms. The minimum Gasteiger partial charge on any atom is -0.496 e. The number of amides is 1. The van der Waals surface area contributed by atoms with Gasteiger partial charge in [-0.05, 0) is 23.6 Å². The molecule has 1 amide bonds. The summed E-state index contributed by atoms with van der Waals surface area (Å²) in [5.41, 5.74) is 2.26. The van der Waals surface area contributed by atoms with Crippen molar-refractivity contribution in [2.24, 2.45) is 0 Å². The van der Waals surface area contributed by atoms with Gasteiger partial charge in [0.05, 0.1) is 23.6 Å². The van der Waals surface area contributed by atoms with E-state index in [2.05, 4.69) is 20.3 Å². The Morgan fingerprint density at radius 3 is 2.97 bits per heavy atom. The van der Waals surface area contributed by atoms with Crippen LogP contribution in [-0.4, -0.2) is 51.3 Å². The third-order valence-corrected chi connectivity index (χ3v) is 6.03. The number of ether oxygens (including phenoxy) is 1. The molecular weight excluding hydrogens is 402 g/mol. The van der Waals surface area contributed by atoms with Crippen molar-refractivity contribution in [2.75, 3.05) is 20.2 Å². The molecule has 4 aromatic rings. The van der Waals surface area contributed by atoms with E-state index in [1.807, 2.05) is 41.8 Å². The number of likely N-dealkylation sites (tertiary alicyclic amines) is 1. The highest BCUT2D eigenvalue weighted by Gasteiger charge is 2.36. The van der Waals surface area contributed by atoms with Crippen molar-refractivity contribution >= 4 is 17.2 Å². The number of carbonyl (C=O) groups excluding carboxylic acids is 1. The number of aromatic amines is 1. The van der Waals surface area contributed by atoms with E-state index in [0.717, 1.165) is 21.9 Å². The summed E-state index contributed by atoms with van der Waals surface area (Å²) in [5.74, 6) is 1.91. The van der Waals surface area contributed by atoms with Crippen molar-refractivity contribution in [3.8, 4) is 16.3 Å². The molecule has 0 atom stereocenters. The molecule has 1 aliphatic heterocycles. The zero-order valence-electron chi connectivity index (χ0n) is 16.2. The molecule has 1 saturated heterocycles. The van der Waals surface area contributed by atoms with Gasteiger partial charge in [0.15, 0.2) is 11.5 Å². The van der Waals surface area contributed by atoms with Crippen LogP contribution in [0, 0.1) is 0 Å². The lowest BCUT2D eigenvalue weighted by Crippen LogP contribution is -2.48. The van der Waals surface area contributed by atoms with Gasteiger partial charge in [0, 0.05) is 25.1 Å². The van der Waals surface area contributed by atoms with Gasteiger partial charge in [0.25, 0.3) is 5.91 Å². The summed E-state index contributed by atoms with van der Waals surface area (Å²) >= 11 is 1.60. The highest BCUT2D eigenvalue weighted by atomic mass is 32.1. The van der Waals surface area contributed by atoms with Crippen LogP contribution in [0.5, 0.6) is 5.75 Å². The van der Waals surface area contributed by atoms with E-state index in [-0.39, 0.29) is 11.8 Å². The number of hydrogen-bond acceptors (Lipinski definition) is 7. The Hall–Kier alpha value is -3.46. The highest BCUT2D eigenvalue weighted by Crippen LogP contribution is 2.29. The molecule has 1 fully saturated rings. The van der Waals surface area contributed by atoms with E-state index >= 15 is 0 Å². The number of thiophene rings is 1. The van der Waals surface area contributed by atoms with E-state index in [4.69, 9.17) is 9.26 Å². The largest absolute Gasteiger partial charge is 0.496 e. The summed E-state index contributed by atoms with van der Waals surface area (Å²) in [7, 11) is 1.64. The SMILES string of the molecule is COc1ccccc1Cc1noc(C2CN(C(=O)c3cc(-c4cccs4)[nH]n3)C2)n1. The monoisotopic (exact) mass is 421 g/mol. The predicted octanol–water partition coefficient (Wildman–Crippen LogP) is 3.36. The van der Waals surface area contributed by atoms with Crippen molar-refractivity contribution in [1.82, 2.24) is 25.2 Å². The molecule has 8 nitrogen and oxygen atoms in total. The van der Waals surface area contributed by atoms with E-state index in [1.165, 1.54) is 0 Å². The average Bonchev–Trinajstić information content (AvgIpc) is 3.48. The molecule has 9 heteroatoms. The van der Waals surface area contributed by atoms with Crippen LogP contribution in [0.15, 0.2) is 52.4 Å². The molecule has 0 bridgehead atoms. The fourth-order valence-corrected chi connectivity index (χ4v) is 4.17. The Kier molecular flexibility index (Phi) is 4.80. The standard InChI is InChI=1S/C21H19N5O3S/c1-28-17-6-3-2-5-13(17)9-19-22-20(29-25-19)14-11-26(12-14)21(27)16-10-15(23-24-16)18-7-4-8-30-18/h2-8,10,14H,9,11-12H2,1H3,(H,23,24). The molecular formula is C21H19N5O3S. The lowest BCUT2D eigenvalue weighted by Gasteiger charge is -2.36. The van der Waals surface area contributed by atoms with E-state index < -0.39 is 0 Å². The van der Waals surface area contributed by atoms with Gasteiger partial charge in [-0.3, -0.25) is 9.89 Å². The molecule has 0 unspecified atom stereocenters. The van der Waals surface area contributed by atoms with Gasteiger partial charge in [-0.1, -0.05) is 29.4 Å².